The summed E-state index contributed by atoms with van der Waals surface area (Å²) in [6.07, 6.45) is -3.12. The molecule has 0 atom stereocenters. The lowest BCUT2D eigenvalue weighted by molar-refractivity contribution is -0.135. The van der Waals surface area contributed by atoms with Gasteiger partial charge in [0.2, 0.25) is 0 Å². The molecular weight excluding hydrogens is 393 g/mol. The van der Waals surface area contributed by atoms with Crippen LogP contribution in [0.2, 0.25) is 5.02 Å². The van der Waals surface area contributed by atoms with Gasteiger partial charge in [-0.25, -0.2) is 4.85 Å². The predicted molar refractivity (Wildman–Crippen MR) is 97.0 cm³/mol. The smallest absolute Gasteiger partial charge is 0.340 e. The van der Waals surface area contributed by atoms with Crippen molar-refractivity contribution < 1.29 is 17.7 Å². The first kappa shape index (κ1) is 18.1. The summed E-state index contributed by atoms with van der Waals surface area (Å²) in [5, 5.41) is 4.36. The second-order valence-electron chi connectivity index (χ2n) is 5.97. The molecule has 0 bridgehead atoms. The summed E-state index contributed by atoms with van der Waals surface area (Å²) in [5.41, 5.74) is -0.398. The summed E-state index contributed by atoms with van der Waals surface area (Å²) in [4.78, 5) is 7.27. The van der Waals surface area contributed by atoms with Crippen molar-refractivity contribution >= 4 is 28.2 Å². The molecule has 0 saturated carbocycles. The summed E-state index contributed by atoms with van der Waals surface area (Å²) in [7, 11) is 0. The third-order valence-electron chi connectivity index (χ3n) is 4.19. The number of aromatic nitrogens is 3. The van der Waals surface area contributed by atoms with E-state index in [1.807, 2.05) is 0 Å². The van der Waals surface area contributed by atoms with Crippen molar-refractivity contribution in [1.29, 1.82) is 0 Å². The van der Waals surface area contributed by atoms with E-state index < -0.39 is 17.4 Å². The fraction of sp³-hybridized carbons (Fsp3) is 0.105. The molecule has 5 nitrogen and oxygen atoms in total. The molecule has 2 heterocycles. The average molecular weight is 403 g/mol. The maximum Gasteiger partial charge on any atom is 0.408 e. The van der Waals surface area contributed by atoms with Gasteiger partial charge in [0.05, 0.1) is 18.7 Å². The first-order chi connectivity index (χ1) is 13.4. The van der Waals surface area contributed by atoms with Crippen LogP contribution in [0.25, 0.3) is 27.2 Å². The fourth-order valence-electron chi connectivity index (χ4n) is 3.00. The lowest BCUT2D eigenvalue weighted by Crippen LogP contribution is -2.06. The molecule has 140 valence electrons. The Hall–Kier alpha value is -3.31. The summed E-state index contributed by atoms with van der Waals surface area (Å²) in [6, 6.07) is 10.9. The molecule has 9 heteroatoms. The lowest BCUT2D eigenvalue weighted by Gasteiger charge is -2.11. The molecule has 0 saturated heterocycles. The predicted octanol–water partition coefficient (Wildman–Crippen LogP) is 5.96. The van der Waals surface area contributed by atoms with Crippen LogP contribution in [0.5, 0.6) is 0 Å². The zero-order valence-corrected chi connectivity index (χ0v) is 14.8. The van der Waals surface area contributed by atoms with E-state index in [0.29, 0.717) is 21.9 Å². The zero-order valence-electron chi connectivity index (χ0n) is 14.0. The number of hydrogen-bond donors (Lipinski definition) is 0. The van der Waals surface area contributed by atoms with E-state index in [9.17, 15) is 13.2 Å². The molecule has 0 unspecified atom stereocenters. The topological polar surface area (TPSA) is 48.2 Å². The van der Waals surface area contributed by atoms with Gasteiger partial charge in [-0.3, -0.25) is 0 Å². The van der Waals surface area contributed by atoms with Crippen LogP contribution in [0.3, 0.4) is 0 Å². The maximum atomic E-state index is 13.4. The second kappa shape index (κ2) is 6.69. The van der Waals surface area contributed by atoms with Gasteiger partial charge in [-0.1, -0.05) is 28.9 Å². The van der Waals surface area contributed by atoms with Crippen LogP contribution < -0.4 is 0 Å². The van der Waals surface area contributed by atoms with Crippen LogP contribution in [0.15, 0.2) is 53.2 Å². The molecular formula is C19H10ClF3N4O. The summed E-state index contributed by atoms with van der Waals surface area (Å²) in [5.74, 6) is 0.565. The van der Waals surface area contributed by atoms with E-state index in [1.54, 1.807) is 28.8 Å². The summed E-state index contributed by atoms with van der Waals surface area (Å²) >= 11 is 5.95. The number of nitrogens with zero attached hydrogens (tertiary/aromatic N) is 4. The number of hydrogen-bond acceptors (Lipinski definition) is 3. The average Bonchev–Trinajstić information content (AvgIpc) is 3.28. The Morgan fingerprint density at radius 3 is 2.71 bits per heavy atom. The van der Waals surface area contributed by atoms with Crippen LogP contribution in [-0.2, 0) is 12.7 Å². The van der Waals surface area contributed by atoms with Gasteiger partial charge < -0.3 is 9.09 Å². The molecule has 4 rings (SSSR count). The first-order valence-electron chi connectivity index (χ1n) is 8.02. The van der Waals surface area contributed by atoms with Crippen molar-refractivity contribution in [3.8, 4) is 11.5 Å². The first-order valence-corrected chi connectivity index (χ1v) is 8.39. The standard InChI is InChI=1S/C19H10ClF3N4O/c1-24-14-5-6-15-13(17(14)19(21,22)23)7-8-27(15)10-16-25-18(28-26-16)11-3-2-4-12(20)9-11/h2-9H,10H2. The van der Waals surface area contributed by atoms with Crippen LogP contribution >= 0.6 is 11.6 Å². The monoisotopic (exact) mass is 402 g/mol. The van der Waals surface area contributed by atoms with Gasteiger partial charge in [-0.05, 0) is 30.3 Å². The molecule has 0 radical (unpaired) electrons. The maximum absolute atomic E-state index is 13.4. The highest BCUT2D eigenvalue weighted by Gasteiger charge is 2.36. The van der Waals surface area contributed by atoms with Gasteiger partial charge in [0.1, 0.15) is 0 Å². The highest BCUT2D eigenvalue weighted by Crippen LogP contribution is 2.41. The molecule has 0 aliphatic carbocycles. The Labute approximate surface area is 161 Å². The molecule has 0 aliphatic rings. The van der Waals surface area contributed by atoms with E-state index >= 15 is 0 Å². The van der Waals surface area contributed by atoms with Crippen LogP contribution in [0.1, 0.15) is 11.4 Å². The van der Waals surface area contributed by atoms with Crippen molar-refractivity contribution in [2.75, 3.05) is 0 Å². The van der Waals surface area contributed by atoms with Crippen molar-refractivity contribution in [2.24, 2.45) is 0 Å². The largest absolute Gasteiger partial charge is 0.408 e. The molecule has 0 fully saturated rings. The van der Waals surface area contributed by atoms with E-state index in [0.717, 1.165) is 0 Å². The Morgan fingerprint density at radius 1 is 1.18 bits per heavy atom. The number of fused-ring (bicyclic) bond motifs is 1. The number of halogens is 4. The van der Waals surface area contributed by atoms with Gasteiger partial charge in [-0.2, -0.15) is 18.2 Å². The van der Waals surface area contributed by atoms with Gasteiger partial charge >= 0.3 is 6.18 Å². The Bertz CT molecular complexity index is 1220. The van der Waals surface area contributed by atoms with Crippen molar-refractivity contribution in [3.63, 3.8) is 0 Å². The fourth-order valence-corrected chi connectivity index (χ4v) is 3.19. The van der Waals surface area contributed by atoms with Gasteiger partial charge in [0.15, 0.2) is 11.5 Å². The van der Waals surface area contributed by atoms with E-state index in [1.165, 1.54) is 24.4 Å². The van der Waals surface area contributed by atoms with Crippen LogP contribution in [-0.4, -0.2) is 14.7 Å². The Balaban J connectivity index is 1.71. The highest BCUT2D eigenvalue weighted by atomic mass is 35.5. The second-order valence-corrected chi connectivity index (χ2v) is 6.41. The quantitative estimate of drug-likeness (QED) is 0.397. The van der Waals surface area contributed by atoms with Gasteiger partial charge in [-0.15, -0.1) is 0 Å². The van der Waals surface area contributed by atoms with Crippen LogP contribution in [0, 0.1) is 6.57 Å². The van der Waals surface area contributed by atoms with Gasteiger partial charge in [0.25, 0.3) is 5.89 Å². The lowest BCUT2D eigenvalue weighted by atomic mass is 10.1. The molecule has 0 spiro atoms. The Kier molecular flexibility index (Phi) is 4.32. The summed E-state index contributed by atoms with van der Waals surface area (Å²) in [6.45, 7) is 7.12. The third-order valence-corrected chi connectivity index (χ3v) is 4.42. The normalized spacial score (nSPS) is 11.7. The molecule has 2 aromatic heterocycles. The number of benzene rings is 2. The van der Waals surface area contributed by atoms with E-state index in [-0.39, 0.29) is 17.8 Å². The van der Waals surface area contributed by atoms with Crippen molar-refractivity contribution in [3.05, 3.63) is 76.5 Å². The number of rotatable bonds is 3. The molecule has 0 N–H and O–H groups in total. The van der Waals surface area contributed by atoms with Crippen molar-refractivity contribution in [1.82, 2.24) is 14.7 Å². The highest BCUT2D eigenvalue weighted by molar-refractivity contribution is 6.30. The Morgan fingerprint density at radius 2 is 2.00 bits per heavy atom. The van der Waals surface area contributed by atoms with E-state index in [2.05, 4.69) is 15.0 Å². The number of alkyl halides is 3. The minimum absolute atomic E-state index is 0.0421. The summed E-state index contributed by atoms with van der Waals surface area (Å²) < 4.78 is 47.1. The zero-order chi connectivity index (χ0) is 19.9. The molecule has 4 aromatic rings. The minimum Gasteiger partial charge on any atom is -0.340 e. The SMILES string of the molecule is [C-]#[N+]c1ccc2c(ccn2Cc2noc(-c3cccc(Cl)c3)n2)c1C(F)(F)F. The third kappa shape index (κ3) is 3.21. The van der Waals surface area contributed by atoms with Gasteiger partial charge in [0, 0.05) is 27.7 Å². The molecule has 0 aliphatic heterocycles. The van der Waals surface area contributed by atoms with Crippen LogP contribution in [0.4, 0.5) is 18.9 Å². The molecule has 28 heavy (non-hydrogen) atoms. The minimum atomic E-state index is -4.63. The molecule has 2 aromatic carbocycles. The molecule has 0 amide bonds. The van der Waals surface area contributed by atoms with E-state index in [4.69, 9.17) is 22.7 Å². The van der Waals surface area contributed by atoms with Crippen molar-refractivity contribution in [2.45, 2.75) is 12.7 Å².